The van der Waals surface area contributed by atoms with E-state index in [-0.39, 0.29) is 42.8 Å². The summed E-state index contributed by atoms with van der Waals surface area (Å²) in [5.74, 6) is -0.619. The summed E-state index contributed by atoms with van der Waals surface area (Å²) in [4.78, 5) is 40.9. The average molecular weight is 404 g/mol. The van der Waals surface area contributed by atoms with Crippen LogP contribution in [0.4, 0.5) is 9.18 Å². The number of halogens is 1. The molecule has 1 aliphatic heterocycles. The molecule has 8 heteroatoms. The van der Waals surface area contributed by atoms with Gasteiger partial charge in [-0.05, 0) is 43.0 Å². The third-order valence-electron chi connectivity index (χ3n) is 6.06. The summed E-state index contributed by atoms with van der Waals surface area (Å²) in [5.41, 5.74) is 0.00434. The van der Waals surface area contributed by atoms with Gasteiger partial charge >= 0.3 is 6.03 Å². The molecule has 1 aromatic rings. The Morgan fingerprint density at radius 2 is 2.03 bits per heavy atom. The minimum Gasteiger partial charge on any atom is -0.351 e. The summed E-state index contributed by atoms with van der Waals surface area (Å²) in [6.45, 7) is 4.85. The second-order valence-corrected chi connectivity index (χ2v) is 7.97. The van der Waals surface area contributed by atoms with E-state index in [1.54, 1.807) is 17.0 Å². The molecule has 2 aliphatic rings. The van der Waals surface area contributed by atoms with E-state index >= 15 is 0 Å². The van der Waals surface area contributed by atoms with Crippen molar-refractivity contribution in [3.05, 3.63) is 35.6 Å². The zero-order valence-corrected chi connectivity index (χ0v) is 17.0. The molecule has 4 amide bonds. The van der Waals surface area contributed by atoms with Gasteiger partial charge in [0.15, 0.2) is 0 Å². The van der Waals surface area contributed by atoms with Crippen molar-refractivity contribution in [2.45, 2.75) is 51.6 Å². The molecular weight excluding hydrogens is 375 g/mol. The van der Waals surface area contributed by atoms with Crippen LogP contribution in [0.25, 0.3) is 0 Å². The van der Waals surface area contributed by atoms with Gasteiger partial charge in [0.1, 0.15) is 11.4 Å². The number of carbonyl (C=O) groups excluding carboxylic acids is 3. The van der Waals surface area contributed by atoms with Crippen molar-refractivity contribution in [1.29, 1.82) is 0 Å². The lowest BCUT2D eigenvalue weighted by molar-refractivity contribution is -0.136. The molecule has 1 saturated heterocycles. The lowest BCUT2D eigenvalue weighted by Crippen LogP contribution is -2.54. The highest BCUT2D eigenvalue weighted by molar-refractivity contribution is 6.07. The molecule has 1 heterocycles. The molecule has 158 valence electrons. The molecule has 2 N–H and O–H groups in total. The van der Waals surface area contributed by atoms with Crippen LogP contribution in [0.2, 0.25) is 0 Å². The maximum Gasteiger partial charge on any atom is 0.326 e. The zero-order chi connectivity index (χ0) is 21.0. The van der Waals surface area contributed by atoms with Gasteiger partial charge in [-0.25, -0.2) is 14.1 Å². The first-order valence-electron chi connectivity index (χ1n) is 10.2. The van der Waals surface area contributed by atoms with E-state index < -0.39 is 5.54 Å². The van der Waals surface area contributed by atoms with Crippen LogP contribution in [-0.2, 0) is 16.1 Å². The minimum atomic E-state index is -0.792. The zero-order valence-electron chi connectivity index (χ0n) is 17.0. The minimum absolute atomic E-state index is 0.0668. The largest absolute Gasteiger partial charge is 0.351 e. The molecule has 1 saturated carbocycles. The van der Waals surface area contributed by atoms with Crippen molar-refractivity contribution >= 4 is 17.8 Å². The molecule has 2 atom stereocenters. The molecule has 1 aromatic carbocycles. The fourth-order valence-corrected chi connectivity index (χ4v) is 4.15. The number of nitrogens with one attached hydrogen (secondary N) is 2. The molecule has 0 radical (unpaired) electrons. The predicted octanol–water partition coefficient (Wildman–Crippen LogP) is 2.22. The number of hydrogen-bond donors (Lipinski definition) is 2. The summed E-state index contributed by atoms with van der Waals surface area (Å²) in [7, 11) is 0. The number of likely N-dealkylation sites (N-methyl/N-ethyl adjacent to an activating group) is 1. The third kappa shape index (κ3) is 4.58. The number of rotatable bonds is 7. The normalized spacial score (nSPS) is 24.3. The molecular formula is C21H29FN4O3. The molecule has 1 spiro atoms. The fourth-order valence-electron chi connectivity index (χ4n) is 4.15. The van der Waals surface area contributed by atoms with Gasteiger partial charge in [0.2, 0.25) is 5.91 Å². The van der Waals surface area contributed by atoms with E-state index in [4.69, 9.17) is 0 Å². The molecule has 2 fully saturated rings. The average Bonchev–Trinajstić information content (AvgIpc) is 2.94. The Labute approximate surface area is 170 Å². The number of nitrogens with zero attached hydrogens (tertiary/aromatic N) is 2. The molecule has 0 bridgehead atoms. The van der Waals surface area contributed by atoms with Crippen LogP contribution >= 0.6 is 0 Å². The van der Waals surface area contributed by atoms with Crippen LogP contribution in [0.1, 0.15) is 45.1 Å². The van der Waals surface area contributed by atoms with E-state index in [1.165, 1.54) is 17.0 Å². The number of hydrogen-bond acceptors (Lipinski definition) is 4. The lowest BCUT2D eigenvalue weighted by Gasteiger charge is -2.37. The van der Waals surface area contributed by atoms with Gasteiger partial charge in [-0.1, -0.05) is 38.8 Å². The van der Waals surface area contributed by atoms with Crippen LogP contribution in [-0.4, -0.2) is 52.9 Å². The first kappa shape index (κ1) is 21.2. The SMILES string of the molecule is CCN(CC(=O)NCc1ccc(F)cc1)CN1C(=O)N[C@@]2(CCCC[C@H]2C)C1=O. The number of imide groups is 1. The summed E-state index contributed by atoms with van der Waals surface area (Å²) < 4.78 is 13.0. The number of urea groups is 1. The topological polar surface area (TPSA) is 81.8 Å². The van der Waals surface area contributed by atoms with E-state index in [9.17, 15) is 18.8 Å². The van der Waals surface area contributed by atoms with Crippen molar-refractivity contribution in [3.63, 3.8) is 0 Å². The standard InChI is InChI=1S/C21H29FN4O3/c1-3-25(13-18(27)23-12-16-7-9-17(22)10-8-16)14-26-19(28)21(24-20(26)29)11-5-4-6-15(21)2/h7-10,15H,3-6,11-14H2,1-2H3,(H,23,27)(H,24,29)/t15-,21-/m1/s1. The summed E-state index contributed by atoms with van der Waals surface area (Å²) >= 11 is 0. The molecule has 1 aliphatic carbocycles. The second-order valence-electron chi connectivity index (χ2n) is 7.97. The van der Waals surface area contributed by atoms with Crippen molar-refractivity contribution in [2.24, 2.45) is 5.92 Å². The monoisotopic (exact) mass is 404 g/mol. The quantitative estimate of drug-likeness (QED) is 0.683. The van der Waals surface area contributed by atoms with Gasteiger partial charge in [-0.15, -0.1) is 0 Å². The van der Waals surface area contributed by atoms with Crippen LogP contribution in [0.15, 0.2) is 24.3 Å². The molecule has 0 unspecified atom stereocenters. The van der Waals surface area contributed by atoms with Gasteiger partial charge in [0.05, 0.1) is 13.2 Å². The number of benzene rings is 1. The predicted molar refractivity (Wildman–Crippen MR) is 106 cm³/mol. The Kier molecular flexibility index (Phi) is 6.52. The third-order valence-corrected chi connectivity index (χ3v) is 6.06. The molecule has 29 heavy (non-hydrogen) atoms. The smallest absolute Gasteiger partial charge is 0.326 e. The van der Waals surface area contributed by atoms with E-state index in [0.717, 1.165) is 24.8 Å². The summed E-state index contributed by atoms with van der Waals surface area (Å²) in [5, 5.41) is 5.72. The maximum atomic E-state index is 13.1. The Balaban J connectivity index is 1.56. The van der Waals surface area contributed by atoms with E-state index in [1.807, 2.05) is 13.8 Å². The van der Waals surface area contributed by atoms with Gasteiger partial charge in [0.25, 0.3) is 5.91 Å². The van der Waals surface area contributed by atoms with Crippen molar-refractivity contribution < 1.29 is 18.8 Å². The van der Waals surface area contributed by atoms with Gasteiger partial charge in [-0.2, -0.15) is 0 Å². The fraction of sp³-hybridized carbons (Fsp3) is 0.571. The van der Waals surface area contributed by atoms with E-state index in [2.05, 4.69) is 10.6 Å². The Morgan fingerprint density at radius 1 is 1.31 bits per heavy atom. The lowest BCUT2D eigenvalue weighted by atomic mass is 9.73. The first-order valence-corrected chi connectivity index (χ1v) is 10.2. The van der Waals surface area contributed by atoms with E-state index in [0.29, 0.717) is 19.5 Å². The highest BCUT2D eigenvalue weighted by atomic mass is 19.1. The van der Waals surface area contributed by atoms with Crippen molar-refractivity contribution in [2.75, 3.05) is 19.8 Å². The highest BCUT2D eigenvalue weighted by Gasteiger charge is 2.55. The van der Waals surface area contributed by atoms with Crippen molar-refractivity contribution in [1.82, 2.24) is 20.4 Å². The Hall–Kier alpha value is -2.48. The molecule has 0 aromatic heterocycles. The van der Waals surface area contributed by atoms with Crippen molar-refractivity contribution in [3.8, 4) is 0 Å². The summed E-state index contributed by atoms with van der Waals surface area (Å²) in [6, 6.07) is 5.55. The number of carbonyl (C=O) groups is 3. The maximum absolute atomic E-state index is 13.1. The number of amides is 4. The highest BCUT2D eigenvalue weighted by Crippen LogP contribution is 2.38. The Morgan fingerprint density at radius 3 is 2.69 bits per heavy atom. The van der Waals surface area contributed by atoms with Gasteiger partial charge < -0.3 is 10.6 Å². The molecule has 3 rings (SSSR count). The Bertz CT molecular complexity index is 770. The van der Waals surface area contributed by atoms with Crippen LogP contribution in [0.5, 0.6) is 0 Å². The molecule has 7 nitrogen and oxygen atoms in total. The van der Waals surface area contributed by atoms with Gasteiger partial charge in [-0.3, -0.25) is 14.5 Å². The summed E-state index contributed by atoms with van der Waals surface area (Å²) in [6.07, 6.45) is 3.58. The van der Waals surface area contributed by atoms with Crippen LogP contribution < -0.4 is 10.6 Å². The first-order chi connectivity index (χ1) is 13.9. The van der Waals surface area contributed by atoms with Crippen LogP contribution in [0, 0.1) is 11.7 Å². The van der Waals surface area contributed by atoms with Gasteiger partial charge in [0, 0.05) is 6.54 Å². The van der Waals surface area contributed by atoms with Crippen LogP contribution in [0.3, 0.4) is 0 Å². The second kappa shape index (κ2) is 8.90.